The molecule has 3 aromatic carbocycles. The summed E-state index contributed by atoms with van der Waals surface area (Å²) in [6.07, 6.45) is 0.557. The van der Waals surface area contributed by atoms with Crippen molar-refractivity contribution in [3.05, 3.63) is 83.2 Å². The Hall–Kier alpha value is -3.97. The molecular formula is C25H19ClN4O3. The fourth-order valence-electron chi connectivity index (χ4n) is 3.37. The van der Waals surface area contributed by atoms with Crippen molar-refractivity contribution in [3.8, 4) is 22.8 Å². The monoisotopic (exact) mass is 458 g/mol. The summed E-state index contributed by atoms with van der Waals surface area (Å²) in [7, 11) is 0. The molecule has 0 aliphatic carbocycles. The standard InChI is InChI=1S/C25H19ClN4O3/c1-15-2-11-21-20(14-15)28-25(32-21)17-5-9-19(10-6-17)27-22(31)12-13-23-29-24(30-33-23)16-3-7-18(26)8-4-16/h2-11,14H,12-13H2,1H3,(H,27,31). The molecule has 0 fully saturated rings. The van der Waals surface area contributed by atoms with Crippen molar-refractivity contribution in [1.29, 1.82) is 0 Å². The van der Waals surface area contributed by atoms with Crippen molar-refractivity contribution in [3.63, 3.8) is 0 Å². The van der Waals surface area contributed by atoms with Crippen LogP contribution in [0.5, 0.6) is 0 Å². The van der Waals surface area contributed by atoms with Crippen LogP contribution in [0.1, 0.15) is 17.9 Å². The van der Waals surface area contributed by atoms with Crippen molar-refractivity contribution in [2.24, 2.45) is 0 Å². The normalized spacial score (nSPS) is 11.1. The van der Waals surface area contributed by atoms with Gasteiger partial charge >= 0.3 is 0 Å². The molecule has 0 aliphatic heterocycles. The van der Waals surface area contributed by atoms with E-state index in [1.807, 2.05) is 61.5 Å². The third-order valence-electron chi connectivity index (χ3n) is 5.10. The maximum atomic E-state index is 12.4. The average Bonchev–Trinajstić information content (AvgIpc) is 3.46. The van der Waals surface area contributed by atoms with Gasteiger partial charge in [-0.25, -0.2) is 4.98 Å². The Morgan fingerprint density at radius 3 is 2.52 bits per heavy atom. The number of fused-ring (bicyclic) bond motifs is 1. The highest BCUT2D eigenvalue weighted by molar-refractivity contribution is 6.30. The quantitative estimate of drug-likeness (QED) is 0.331. The Kier molecular flexibility index (Phi) is 5.62. The molecule has 2 aromatic heterocycles. The van der Waals surface area contributed by atoms with Gasteiger partial charge in [-0.2, -0.15) is 4.98 Å². The van der Waals surface area contributed by atoms with Crippen molar-refractivity contribution < 1.29 is 13.7 Å². The zero-order valence-electron chi connectivity index (χ0n) is 17.7. The summed E-state index contributed by atoms with van der Waals surface area (Å²) >= 11 is 5.90. The van der Waals surface area contributed by atoms with Gasteiger partial charge in [-0.3, -0.25) is 4.79 Å². The Morgan fingerprint density at radius 2 is 1.73 bits per heavy atom. The Balaban J connectivity index is 1.18. The molecule has 1 amide bonds. The molecule has 164 valence electrons. The van der Waals surface area contributed by atoms with E-state index < -0.39 is 0 Å². The number of nitrogens with zero attached hydrogens (tertiary/aromatic N) is 3. The molecular weight excluding hydrogens is 440 g/mol. The minimum absolute atomic E-state index is 0.147. The first-order valence-corrected chi connectivity index (χ1v) is 10.8. The number of hydrogen-bond acceptors (Lipinski definition) is 6. The lowest BCUT2D eigenvalue weighted by Gasteiger charge is -2.04. The lowest BCUT2D eigenvalue weighted by molar-refractivity contribution is -0.116. The highest BCUT2D eigenvalue weighted by Crippen LogP contribution is 2.26. The van der Waals surface area contributed by atoms with Gasteiger partial charge < -0.3 is 14.3 Å². The van der Waals surface area contributed by atoms with Crippen LogP contribution in [-0.2, 0) is 11.2 Å². The van der Waals surface area contributed by atoms with Gasteiger partial charge in [0.1, 0.15) is 5.52 Å². The summed E-state index contributed by atoms with van der Waals surface area (Å²) in [6, 6.07) is 20.4. The van der Waals surface area contributed by atoms with E-state index in [0.717, 1.165) is 27.8 Å². The number of nitrogens with one attached hydrogen (secondary N) is 1. The Morgan fingerprint density at radius 1 is 0.970 bits per heavy atom. The van der Waals surface area contributed by atoms with Crippen molar-refractivity contribution in [2.45, 2.75) is 19.8 Å². The van der Waals surface area contributed by atoms with Gasteiger partial charge in [0, 0.05) is 34.7 Å². The van der Waals surface area contributed by atoms with E-state index in [-0.39, 0.29) is 12.3 Å². The van der Waals surface area contributed by atoms with Crippen LogP contribution in [0.4, 0.5) is 5.69 Å². The minimum atomic E-state index is -0.147. The van der Waals surface area contributed by atoms with Gasteiger partial charge in [-0.05, 0) is 73.2 Å². The van der Waals surface area contributed by atoms with Crippen molar-refractivity contribution in [1.82, 2.24) is 15.1 Å². The summed E-state index contributed by atoms with van der Waals surface area (Å²) in [5.74, 6) is 1.26. The summed E-state index contributed by atoms with van der Waals surface area (Å²) in [5.41, 5.74) is 5.01. The van der Waals surface area contributed by atoms with Gasteiger partial charge in [0.05, 0.1) is 0 Å². The topological polar surface area (TPSA) is 94.1 Å². The van der Waals surface area contributed by atoms with Crippen LogP contribution in [0.2, 0.25) is 5.02 Å². The van der Waals surface area contributed by atoms with Crippen molar-refractivity contribution >= 4 is 34.3 Å². The molecule has 33 heavy (non-hydrogen) atoms. The second-order valence-corrected chi connectivity index (χ2v) is 8.07. The SMILES string of the molecule is Cc1ccc2oc(-c3ccc(NC(=O)CCc4nc(-c5ccc(Cl)cc5)no4)cc3)nc2c1. The number of carbonyl (C=O) groups is 1. The summed E-state index contributed by atoms with van der Waals surface area (Å²) in [6.45, 7) is 2.02. The smallest absolute Gasteiger partial charge is 0.227 e. The van der Waals surface area contributed by atoms with Crippen LogP contribution in [0.3, 0.4) is 0 Å². The number of oxazole rings is 1. The zero-order valence-corrected chi connectivity index (χ0v) is 18.5. The third kappa shape index (κ3) is 4.78. The molecule has 7 nitrogen and oxygen atoms in total. The Bertz CT molecular complexity index is 1420. The predicted octanol–water partition coefficient (Wildman–Crippen LogP) is 6.08. The molecule has 0 bridgehead atoms. The van der Waals surface area contributed by atoms with E-state index in [2.05, 4.69) is 20.4 Å². The van der Waals surface area contributed by atoms with E-state index in [1.165, 1.54) is 0 Å². The highest BCUT2D eigenvalue weighted by atomic mass is 35.5. The van der Waals surface area contributed by atoms with Gasteiger partial charge in [-0.1, -0.05) is 22.8 Å². The van der Waals surface area contributed by atoms with Crippen LogP contribution in [0, 0.1) is 6.92 Å². The second kappa shape index (κ2) is 8.88. The molecule has 0 unspecified atom stereocenters. The molecule has 1 N–H and O–H groups in total. The summed E-state index contributed by atoms with van der Waals surface area (Å²) < 4.78 is 11.1. The van der Waals surface area contributed by atoms with Gasteiger partial charge in [-0.15, -0.1) is 0 Å². The lowest BCUT2D eigenvalue weighted by Crippen LogP contribution is -2.12. The Labute approximate surface area is 194 Å². The predicted molar refractivity (Wildman–Crippen MR) is 126 cm³/mol. The minimum Gasteiger partial charge on any atom is -0.436 e. The van der Waals surface area contributed by atoms with Crippen LogP contribution < -0.4 is 5.32 Å². The van der Waals surface area contributed by atoms with Gasteiger partial charge in [0.25, 0.3) is 0 Å². The van der Waals surface area contributed by atoms with E-state index in [9.17, 15) is 4.79 Å². The second-order valence-electron chi connectivity index (χ2n) is 7.63. The molecule has 0 saturated heterocycles. The van der Waals surface area contributed by atoms with Crippen LogP contribution in [0.15, 0.2) is 75.7 Å². The van der Waals surface area contributed by atoms with E-state index in [4.69, 9.17) is 20.5 Å². The number of hydrogen-bond donors (Lipinski definition) is 1. The molecule has 0 aliphatic rings. The molecule has 5 rings (SSSR count). The van der Waals surface area contributed by atoms with Crippen molar-refractivity contribution in [2.75, 3.05) is 5.32 Å². The van der Waals surface area contributed by atoms with E-state index in [1.54, 1.807) is 12.1 Å². The zero-order chi connectivity index (χ0) is 22.8. The number of amides is 1. The fourth-order valence-corrected chi connectivity index (χ4v) is 3.50. The number of benzene rings is 3. The maximum absolute atomic E-state index is 12.4. The van der Waals surface area contributed by atoms with E-state index >= 15 is 0 Å². The molecule has 0 saturated carbocycles. The molecule has 5 aromatic rings. The number of halogens is 1. The molecule has 8 heteroatoms. The number of aryl methyl sites for hydroxylation is 2. The number of aromatic nitrogens is 3. The highest BCUT2D eigenvalue weighted by Gasteiger charge is 2.12. The largest absolute Gasteiger partial charge is 0.436 e. The first kappa shape index (κ1) is 20.9. The number of anilines is 1. The summed E-state index contributed by atoms with van der Waals surface area (Å²) in [5, 5.41) is 7.47. The third-order valence-corrected chi connectivity index (χ3v) is 5.35. The molecule has 2 heterocycles. The van der Waals surface area contributed by atoms with E-state index in [0.29, 0.717) is 34.7 Å². The molecule has 0 spiro atoms. The molecule has 0 atom stereocenters. The van der Waals surface area contributed by atoms with Crippen LogP contribution in [0.25, 0.3) is 33.9 Å². The van der Waals surface area contributed by atoms with Gasteiger partial charge in [0.2, 0.25) is 23.5 Å². The maximum Gasteiger partial charge on any atom is 0.227 e. The first-order valence-electron chi connectivity index (χ1n) is 10.4. The summed E-state index contributed by atoms with van der Waals surface area (Å²) in [4.78, 5) is 21.2. The lowest BCUT2D eigenvalue weighted by atomic mass is 10.2. The van der Waals surface area contributed by atoms with Crippen LogP contribution in [-0.4, -0.2) is 21.0 Å². The average molecular weight is 459 g/mol. The van der Waals surface area contributed by atoms with Gasteiger partial charge in [0.15, 0.2) is 5.58 Å². The molecule has 0 radical (unpaired) electrons. The number of carbonyl (C=O) groups excluding carboxylic acids is 1. The van der Waals surface area contributed by atoms with Crippen LogP contribution >= 0.6 is 11.6 Å². The fraction of sp³-hybridized carbons (Fsp3) is 0.120. The number of rotatable bonds is 6. The first-order chi connectivity index (χ1) is 16.0.